The number of sulfonamides is 1. The Bertz CT molecular complexity index is 600. The van der Waals surface area contributed by atoms with Crippen LogP contribution in [-0.2, 0) is 10.0 Å². The molecule has 8 heteroatoms. The molecule has 21 heavy (non-hydrogen) atoms. The van der Waals surface area contributed by atoms with Crippen LogP contribution in [0.1, 0.15) is 18.4 Å². The third-order valence-corrected chi connectivity index (χ3v) is 5.90. The van der Waals surface area contributed by atoms with Crippen LogP contribution < -0.4 is 10.5 Å². The molecule has 5 nitrogen and oxygen atoms in total. The van der Waals surface area contributed by atoms with Crippen molar-refractivity contribution in [1.29, 1.82) is 0 Å². The fraction of sp³-hybridized carbons (Fsp3) is 0.538. The quantitative estimate of drug-likeness (QED) is 0.902. The molecule has 0 atom stereocenters. The van der Waals surface area contributed by atoms with Gasteiger partial charge in [0.1, 0.15) is 5.75 Å². The molecule has 1 aromatic carbocycles. The first-order chi connectivity index (χ1) is 9.36. The number of rotatable bonds is 3. The lowest BCUT2D eigenvalue weighted by Crippen LogP contribution is -2.42. The zero-order valence-corrected chi connectivity index (χ0v) is 14.4. The van der Waals surface area contributed by atoms with Crippen molar-refractivity contribution in [3.63, 3.8) is 0 Å². The van der Waals surface area contributed by atoms with Gasteiger partial charge in [-0.2, -0.15) is 4.31 Å². The van der Waals surface area contributed by atoms with Crippen LogP contribution in [0.25, 0.3) is 0 Å². The molecule has 0 amide bonds. The largest absolute Gasteiger partial charge is 0.495 e. The van der Waals surface area contributed by atoms with Crippen LogP contribution in [0.5, 0.6) is 5.75 Å². The highest BCUT2D eigenvalue weighted by Crippen LogP contribution is 2.32. The molecule has 0 unspecified atom stereocenters. The summed E-state index contributed by atoms with van der Waals surface area (Å²) in [6.07, 6.45) is 1.37. The van der Waals surface area contributed by atoms with Gasteiger partial charge in [0.15, 0.2) is 0 Å². The van der Waals surface area contributed by atoms with Crippen molar-refractivity contribution >= 4 is 34.0 Å². The lowest BCUT2D eigenvalue weighted by atomic mass is 10.1. The van der Waals surface area contributed by atoms with Gasteiger partial charge in [-0.1, -0.05) is 11.6 Å². The van der Waals surface area contributed by atoms with Crippen LogP contribution in [0.15, 0.2) is 17.0 Å². The standard InChI is InChI=1S/C13H19ClN2O3S.ClH/c1-9-7-12(19-2)11(14)8-13(9)20(17,18)16-5-3-10(15)4-6-16;/h7-8,10H,3-6,15H2,1-2H3;1H. The van der Waals surface area contributed by atoms with Crippen LogP contribution in [0.4, 0.5) is 0 Å². The zero-order chi connectivity index (χ0) is 14.9. The molecule has 1 fully saturated rings. The fourth-order valence-corrected chi connectivity index (χ4v) is 4.33. The van der Waals surface area contributed by atoms with Crippen LogP contribution in [0.2, 0.25) is 5.02 Å². The molecule has 0 radical (unpaired) electrons. The molecular weight excluding hydrogens is 335 g/mol. The van der Waals surface area contributed by atoms with Crippen molar-refractivity contribution < 1.29 is 13.2 Å². The predicted molar refractivity (Wildman–Crippen MR) is 86.0 cm³/mol. The number of nitrogens with zero attached hydrogens (tertiary/aromatic N) is 1. The van der Waals surface area contributed by atoms with E-state index >= 15 is 0 Å². The third-order valence-electron chi connectivity index (χ3n) is 3.57. The molecule has 2 N–H and O–H groups in total. The second kappa shape index (κ2) is 7.15. The van der Waals surface area contributed by atoms with E-state index in [4.69, 9.17) is 22.1 Å². The molecule has 1 aliphatic heterocycles. The molecule has 0 aliphatic carbocycles. The number of aryl methyl sites for hydroxylation is 1. The first kappa shape index (κ1) is 18.5. The van der Waals surface area contributed by atoms with Crippen LogP contribution in [0, 0.1) is 6.92 Å². The molecular formula is C13H20Cl2N2O3S. The van der Waals surface area contributed by atoms with E-state index in [9.17, 15) is 8.42 Å². The molecule has 0 saturated carbocycles. The van der Waals surface area contributed by atoms with Crippen LogP contribution in [-0.4, -0.2) is 39.0 Å². The molecule has 1 aliphatic rings. The number of benzene rings is 1. The Kier molecular flexibility index (Phi) is 6.31. The summed E-state index contributed by atoms with van der Waals surface area (Å²) in [5.74, 6) is 0.476. The van der Waals surface area contributed by atoms with Crippen LogP contribution in [0.3, 0.4) is 0 Å². The number of nitrogens with two attached hydrogens (primary N) is 1. The molecule has 2 rings (SSSR count). The number of hydrogen-bond acceptors (Lipinski definition) is 4. The Morgan fingerprint density at radius 2 is 1.90 bits per heavy atom. The molecule has 0 spiro atoms. The number of methoxy groups -OCH3 is 1. The summed E-state index contributed by atoms with van der Waals surface area (Å²) in [5, 5.41) is 0.297. The first-order valence-corrected chi connectivity index (χ1v) is 8.28. The normalized spacial score (nSPS) is 17.3. The maximum Gasteiger partial charge on any atom is 0.243 e. The van der Waals surface area contributed by atoms with Gasteiger partial charge >= 0.3 is 0 Å². The summed E-state index contributed by atoms with van der Waals surface area (Å²) in [6, 6.07) is 3.19. The summed E-state index contributed by atoms with van der Waals surface area (Å²) in [5.41, 5.74) is 6.44. The lowest BCUT2D eigenvalue weighted by Gasteiger charge is -2.29. The second-order valence-electron chi connectivity index (χ2n) is 4.99. The van der Waals surface area contributed by atoms with E-state index in [1.165, 1.54) is 17.5 Å². The highest BCUT2D eigenvalue weighted by molar-refractivity contribution is 7.89. The van der Waals surface area contributed by atoms with E-state index < -0.39 is 10.0 Å². The minimum absolute atomic E-state index is 0. The molecule has 1 heterocycles. The highest BCUT2D eigenvalue weighted by atomic mass is 35.5. The van der Waals surface area contributed by atoms with E-state index in [0.29, 0.717) is 42.3 Å². The Morgan fingerprint density at radius 1 is 1.33 bits per heavy atom. The van der Waals surface area contributed by atoms with E-state index in [1.54, 1.807) is 13.0 Å². The Morgan fingerprint density at radius 3 is 2.43 bits per heavy atom. The number of ether oxygens (including phenoxy) is 1. The van der Waals surface area contributed by atoms with E-state index in [-0.39, 0.29) is 23.3 Å². The van der Waals surface area contributed by atoms with Crippen molar-refractivity contribution in [2.75, 3.05) is 20.2 Å². The van der Waals surface area contributed by atoms with Gasteiger partial charge in [-0.3, -0.25) is 0 Å². The Hall–Kier alpha value is -0.530. The summed E-state index contributed by atoms with van der Waals surface area (Å²) in [6.45, 7) is 2.64. The van der Waals surface area contributed by atoms with Gasteiger partial charge in [0.05, 0.1) is 17.0 Å². The van der Waals surface area contributed by atoms with Gasteiger partial charge in [0, 0.05) is 19.1 Å². The Balaban J connectivity index is 0.00000220. The van der Waals surface area contributed by atoms with Gasteiger partial charge in [0.25, 0.3) is 0 Å². The SMILES string of the molecule is COc1cc(C)c(S(=O)(=O)N2CCC(N)CC2)cc1Cl.Cl. The first-order valence-electron chi connectivity index (χ1n) is 6.46. The van der Waals surface area contributed by atoms with E-state index in [0.717, 1.165) is 0 Å². The number of halogens is 2. The average Bonchev–Trinajstić information content (AvgIpc) is 2.41. The van der Waals surface area contributed by atoms with Crippen molar-refractivity contribution in [2.45, 2.75) is 30.7 Å². The molecule has 1 aromatic rings. The molecule has 0 bridgehead atoms. The third kappa shape index (κ3) is 3.81. The fourth-order valence-electron chi connectivity index (χ4n) is 2.33. The maximum absolute atomic E-state index is 12.7. The van der Waals surface area contributed by atoms with Gasteiger partial charge in [-0.25, -0.2) is 8.42 Å². The predicted octanol–water partition coefficient (Wildman–Crippen LogP) is 2.19. The van der Waals surface area contributed by atoms with Gasteiger partial charge in [-0.05, 0) is 37.5 Å². The summed E-state index contributed by atoms with van der Waals surface area (Å²) < 4.78 is 31.9. The van der Waals surface area contributed by atoms with Crippen molar-refractivity contribution in [2.24, 2.45) is 5.73 Å². The average molecular weight is 355 g/mol. The monoisotopic (exact) mass is 354 g/mol. The summed E-state index contributed by atoms with van der Waals surface area (Å²) >= 11 is 6.04. The molecule has 1 saturated heterocycles. The number of hydrogen-bond donors (Lipinski definition) is 1. The summed E-state index contributed by atoms with van der Waals surface area (Å²) in [4.78, 5) is 0.235. The van der Waals surface area contributed by atoms with Crippen LogP contribution >= 0.6 is 24.0 Å². The smallest absolute Gasteiger partial charge is 0.243 e. The zero-order valence-electron chi connectivity index (χ0n) is 12.0. The van der Waals surface area contributed by atoms with Gasteiger partial charge < -0.3 is 10.5 Å². The van der Waals surface area contributed by atoms with Gasteiger partial charge in [0.2, 0.25) is 10.0 Å². The maximum atomic E-state index is 12.7. The molecule has 0 aromatic heterocycles. The number of piperidine rings is 1. The van der Waals surface area contributed by atoms with Gasteiger partial charge in [-0.15, -0.1) is 12.4 Å². The van der Waals surface area contributed by atoms with Crippen molar-refractivity contribution in [3.05, 3.63) is 22.7 Å². The van der Waals surface area contributed by atoms with Crippen molar-refractivity contribution in [3.8, 4) is 5.75 Å². The minimum atomic E-state index is -3.53. The lowest BCUT2D eigenvalue weighted by molar-refractivity contribution is 0.320. The Labute approximate surface area is 136 Å². The highest BCUT2D eigenvalue weighted by Gasteiger charge is 2.30. The second-order valence-corrected chi connectivity index (χ2v) is 7.31. The van der Waals surface area contributed by atoms with E-state index in [1.807, 2.05) is 0 Å². The minimum Gasteiger partial charge on any atom is -0.495 e. The van der Waals surface area contributed by atoms with Crippen molar-refractivity contribution in [1.82, 2.24) is 4.31 Å². The molecule has 120 valence electrons. The topological polar surface area (TPSA) is 72.6 Å². The van der Waals surface area contributed by atoms with E-state index in [2.05, 4.69) is 0 Å². The summed E-state index contributed by atoms with van der Waals surface area (Å²) in [7, 11) is -2.02.